The van der Waals surface area contributed by atoms with Crippen LogP contribution in [0.4, 0.5) is 0 Å². The zero-order chi connectivity index (χ0) is 19.7. The third-order valence-electron chi connectivity index (χ3n) is 3.07. The molecule has 0 aromatic heterocycles. The van der Waals surface area contributed by atoms with Crippen molar-refractivity contribution >= 4 is 11.9 Å². The van der Waals surface area contributed by atoms with Crippen LogP contribution >= 0.6 is 0 Å². The first-order valence-corrected chi connectivity index (χ1v) is 7.62. The number of hydrogen-bond donors (Lipinski definition) is 7. The molecule has 5 atom stereocenters. The minimum absolute atomic E-state index is 0. The Balaban J connectivity index is 0. The van der Waals surface area contributed by atoms with E-state index in [1.165, 1.54) is 5.92 Å². The van der Waals surface area contributed by atoms with Gasteiger partial charge in [-0.3, -0.25) is 9.59 Å². The number of carboxylic acid groups (broad SMARTS) is 1. The van der Waals surface area contributed by atoms with Crippen LogP contribution in [0.15, 0.2) is 0 Å². The molecule has 0 bridgehead atoms. The van der Waals surface area contributed by atoms with Gasteiger partial charge in [-0.2, -0.15) is 26.9 Å². The number of carbonyl (C=O) groups is 2. The smallest absolute Gasteiger partial charge is 0.514 e. The minimum Gasteiger partial charge on any atom is -0.514 e. The fourth-order valence-corrected chi connectivity index (χ4v) is 1.98. The fraction of sp³-hybridized carbons (Fsp3) is 0.733. The van der Waals surface area contributed by atoms with Gasteiger partial charge in [0.15, 0.2) is 5.97 Å². The second kappa shape index (κ2) is 13.4. The number of rotatable bonds is 6. The Bertz CT molecular complexity index is 421. The second-order valence-corrected chi connectivity index (χ2v) is 6.07. The molecule has 0 aromatic rings. The van der Waals surface area contributed by atoms with Crippen molar-refractivity contribution in [2.75, 3.05) is 13.2 Å². The largest absolute Gasteiger partial charge is 2.00 e. The van der Waals surface area contributed by atoms with Crippen molar-refractivity contribution in [1.29, 1.82) is 0 Å². The number of nitrogens with one attached hydrogen (secondary N) is 1. The van der Waals surface area contributed by atoms with Crippen molar-refractivity contribution in [3.63, 3.8) is 0 Å². The number of aliphatic hydroxyl groups is 5. The van der Waals surface area contributed by atoms with Crippen molar-refractivity contribution in [3.05, 3.63) is 12.0 Å². The molecule has 7 N–H and O–H groups in total. The number of ether oxygens (including phenoxy) is 1. The van der Waals surface area contributed by atoms with Gasteiger partial charge < -0.3 is 46.6 Å². The molecular formula is C15H27NO9W. The minimum atomic E-state index is -1.76. The molecule has 1 amide bonds. The molecule has 0 radical (unpaired) electrons. The molecule has 26 heavy (non-hydrogen) atoms. The maximum atomic E-state index is 11.2. The predicted octanol–water partition coefficient (Wildman–Crippen LogP) is -2.44. The number of amides is 1. The molecule has 1 aliphatic rings. The Morgan fingerprint density at radius 1 is 1.27 bits per heavy atom. The molecule has 11 heteroatoms. The van der Waals surface area contributed by atoms with E-state index in [1.54, 1.807) is 0 Å². The summed E-state index contributed by atoms with van der Waals surface area (Å²) in [5.41, 5.74) is 0. The average molecular weight is 549 g/mol. The van der Waals surface area contributed by atoms with Gasteiger partial charge in [-0.05, 0) is 0 Å². The predicted molar refractivity (Wildman–Crippen MR) is 84.8 cm³/mol. The third-order valence-corrected chi connectivity index (χ3v) is 3.07. The third kappa shape index (κ3) is 9.27. The van der Waals surface area contributed by atoms with Gasteiger partial charge in [0.1, 0.15) is 18.8 Å². The van der Waals surface area contributed by atoms with Crippen molar-refractivity contribution in [2.45, 2.75) is 57.6 Å². The van der Waals surface area contributed by atoms with Crippen LogP contribution in [-0.2, 0) is 35.4 Å². The summed E-state index contributed by atoms with van der Waals surface area (Å²) in [5, 5.41) is 57.7. The van der Waals surface area contributed by atoms with Crippen LogP contribution in [0, 0.1) is 12.0 Å². The zero-order valence-electron chi connectivity index (χ0n) is 14.8. The van der Waals surface area contributed by atoms with Crippen LogP contribution in [0.25, 0.3) is 0 Å². The van der Waals surface area contributed by atoms with Crippen molar-refractivity contribution in [2.24, 2.45) is 0 Å². The van der Waals surface area contributed by atoms with E-state index in [4.69, 9.17) is 20.1 Å². The summed E-state index contributed by atoms with van der Waals surface area (Å²) < 4.78 is 5.00. The molecule has 1 fully saturated rings. The van der Waals surface area contributed by atoms with E-state index < -0.39 is 68.1 Å². The van der Waals surface area contributed by atoms with Gasteiger partial charge in [0.2, 0.25) is 5.91 Å². The van der Waals surface area contributed by atoms with Crippen LogP contribution in [0.5, 0.6) is 0 Å². The first-order valence-electron chi connectivity index (χ1n) is 7.62. The quantitative estimate of drug-likeness (QED) is 0.178. The van der Waals surface area contributed by atoms with Crippen LogP contribution in [0.3, 0.4) is 0 Å². The SMILES string of the molecule is C[C-](C)C.O=C(CO)NC1C(O)C[C-](C(=O)O)OC1C(O)C(O)CO.[W+2]. The Morgan fingerprint density at radius 2 is 1.77 bits per heavy atom. The van der Waals surface area contributed by atoms with Gasteiger partial charge in [0.05, 0.1) is 24.9 Å². The van der Waals surface area contributed by atoms with Crippen molar-refractivity contribution < 1.29 is 66.0 Å². The Kier molecular flexibility index (Phi) is 14.2. The molecule has 152 valence electrons. The number of hydrogen-bond acceptors (Lipinski definition) is 8. The van der Waals surface area contributed by atoms with E-state index in [1.807, 2.05) is 0 Å². The maximum Gasteiger partial charge on any atom is 2.00 e. The second-order valence-electron chi connectivity index (χ2n) is 6.07. The van der Waals surface area contributed by atoms with E-state index in [0.29, 0.717) is 0 Å². The van der Waals surface area contributed by atoms with E-state index >= 15 is 0 Å². The fourth-order valence-electron chi connectivity index (χ4n) is 1.98. The van der Waals surface area contributed by atoms with Crippen molar-refractivity contribution in [1.82, 2.24) is 5.32 Å². The molecule has 1 saturated heterocycles. The van der Waals surface area contributed by atoms with Crippen LogP contribution in [0.1, 0.15) is 27.2 Å². The summed E-state index contributed by atoms with van der Waals surface area (Å²) in [6.45, 7) is 4.53. The van der Waals surface area contributed by atoms with Gasteiger partial charge in [-0.15, -0.1) is 6.42 Å². The molecule has 10 nitrogen and oxygen atoms in total. The average Bonchev–Trinajstić information content (AvgIpc) is 2.53. The Labute approximate surface area is 166 Å². The van der Waals surface area contributed by atoms with Crippen molar-refractivity contribution in [3.8, 4) is 0 Å². The molecule has 1 aliphatic heterocycles. The number of carboxylic acids is 1. The number of aliphatic carboxylic acids is 1. The molecule has 0 aliphatic carbocycles. The van der Waals surface area contributed by atoms with E-state index in [2.05, 4.69) is 26.1 Å². The van der Waals surface area contributed by atoms with Crippen LogP contribution in [0.2, 0.25) is 0 Å². The normalized spacial score (nSPS) is 24.7. The van der Waals surface area contributed by atoms with Gasteiger partial charge in [-0.25, -0.2) is 0 Å². The zero-order valence-corrected chi connectivity index (χ0v) is 17.8. The standard InChI is InChI=1S/C11H18NO9.C4H9.W/c13-2-5(16)9(18)10-8(12-7(17)3-14)4(15)1-6(21-10)11(19)20;1-4(2)3;/h4-5,8-10,13-16,18H,1-3H2,(H,12,17)(H,19,20);1-3H3;/q2*-1;+2. The molecule has 5 unspecified atom stereocenters. The Hall–Kier alpha value is -0.742. The van der Waals surface area contributed by atoms with Crippen LogP contribution < -0.4 is 5.32 Å². The molecule has 1 heterocycles. The number of aliphatic hydroxyl groups excluding tert-OH is 5. The summed E-state index contributed by atoms with van der Waals surface area (Å²) in [4.78, 5) is 22.1. The first kappa shape index (κ1) is 27.5. The summed E-state index contributed by atoms with van der Waals surface area (Å²) in [6, 6.07) is -1.26. The maximum absolute atomic E-state index is 11.2. The first-order chi connectivity index (χ1) is 11.5. The molecule has 0 spiro atoms. The summed E-state index contributed by atoms with van der Waals surface area (Å²) >= 11 is 0. The molecule has 0 saturated carbocycles. The topological polar surface area (TPSA) is 177 Å². The molecular weight excluding hydrogens is 522 g/mol. The summed E-state index contributed by atoms with van der Waals surface area (Å²) in [5.74, 6) is -0.922. The van der Waals surface area contributed by atoms with E-state index in [0.717, 1.165) is 0 Å². The molecule has 1 rings (SSSR count). The summed E-state index contributed by atoms with van der Waals surface area (Å²) in [6.07, 6.45) is -7.31. The molecule has 0 aromatic carbocycles. The number of carbonyl (C=O) groups excluding carboxylic acids is 1. The Morgan fingerprint density at radius 3 is 2.15 bits per heavy atom. The monoisotopic (exact) mass is 549 g/mol. The van der Waals surface area contributed by atoms with E-state index in [-0.39, 0.29) is 21.1 Å². The van der Waals surface area contributed by atoms with Gasteiger partial charge in [-0.1, -0.05) is 0 Å². The summed E-state index contributed by atoms with van der Waals surface area (Å²) in [7, 11) is 0. The van der Waals surface area contributed by atoms with Crippen LogP contribution in [-0.4, -0.2) is 86.2 Å². The van der Waals surface area contributed by atoms with Gasteiger partial charge in [0.25, 0.3) is 0 Å². The van der Waals surface area contributed by atoms with Gasteiger partial charge >= 0.3 is 21.1 Å². The van der Waals surface area contributed by atoms with Gasteiger partial charge in [0, 0.05) is 0 Å². The van der Waals surface area contributed by atoms with E-state index in [9.17, 15) is 24.9 Å².